The molecule has 7 heteroatoms. The minimum absolute atomic E-state index is 0. The summed E-state index contributed by atoms with van der Waals surface area (Å²) >= 11 is 0. The standard InChI is InChI=1S/C21H28N6O.C3H8.CH4/c1-4-5-15(8-9-22)19-12-27(16-6-7-16)21(26-19)14(3)17(11-23)18(24)10-13(2)20(25)28;1-3-2;/h8-12,16,22-23H,2,4-7,24H2,1,3H3,(H2,25,28);3H2,1-2H3;1H4/b15-8+,17-14+,18-10+,22-9?,23-11?;;. The van der Waals surface area contributed by atoms with Crippen molar-refractivity contribution < 1.29 is 4.79 Å². The Morgan fingerprint density at radius 3 is 2.31 bits per heavy atom. The van der Waals surface area contributed by atoms with Crippen LogP contribution >= 0.6 is 0 Å². The molecule has 1 fully saturated rings. The SMILES string of the molecule is C.C=C(/C=C(N)\C(C=N)=C(/C)c1nc(/C(=C/C=N)CCC)cn1C1CC1)C(N)=O.CCC. The van der Waals surface area contributed by atoms with Gasteiger partial charge in [0.1, 0.15) is 5.82 Å². The Bertz CT molecular complexity index is 913. The molecule has 1 saturated carbocycles. The summed E-state index contributed by atoms with van der Waals surface area (Å²) in [6.45, 7) is 11.8. The number of primary amides is 1. The fourth-order valence-electron chi connectivity index (χ4n) is 2.99. The Kier molecular flexibility index (Phi) is 12.6. The van der Waals surface area contributed by atoms with Crippen molar-refractivity contribution in [3.63, 3.8) is 0 Å². The average molecular weight is 441 g/mol. The monoisotopic (exact) mass is 440 g/mol. The molecule has 2 rings (SSSR count). The summed E-state index contributed by atoms with van der Waals surface area (Å²) in [7, 11) is 0. The number of nitrogens with zero attached hydrogens (tertiary/aromatic N) is 2. The molecular formula is C25H40N6O. The molecule has 7 nitrogen and oxygen atoms in total. The number of imidazole rings is 1. The van der Waals surface area contributed by atoms with Gasteiger partial charge in [-0.05, 0) is 43.9 Å². The van der Waals surface area contributed by atoms with Gasteiger partial charge in [0.05, 0.1) is 5.69 Å². The molecule has 1 aromatic rings. The second-order valence-corrected chi connectivity index (χ2v) is 7.58. The summed E-state index contributed by atoms with van der Waals surface area (Å²) in [4.78, 5) is 16.1. The smallest absolute Gasteiger partial charge is 0.248 e. The van der Waals surface area contributed by atoms with Crippen LogP contribution in [0.3, 0.4) is 0 Å². The summed E-state index contributed by atoms with van der Waals surface area (Å²) in [5.74, 6) is 0.0803. The molecule has 1 aromatic heterocycles. The van der Waals surface area contributed by atoms with Crippen molar-refractivity contribution in [2.24, 2.45) is 11.5 Å². The van der Waals surface area contributed by atoms with E-state index in [2.05, 4.69) is 31.9 Å². The molecule has 0 saturated heterocycles. The highest BCUT2D eigenvalue weighted by Crippen LogP contribution is 2.39. The number of hydrogen-bond donors (Lipinski definition) is 4. The van der Waals surface area contributed by atoms with Gasteiger partial charge in [-0.15, -0.1) is 0 Å². The highest BCUT2D eigenvalue weighted by Gasteiger charge is 2.28. The second-order valence-electron chi connectivity index (χ2n) is 7.58. The zero-order chi connectivity index (χ0) is 23.6. The van der Waals surface area contributed by atoms with Crippen molar-refractivity contribution in [3.05, 3.63) is 53.3 Å². The van der Waals surface area contributed by atoms with E-state index in [0.29, 0.717) is 11.6 Å². The molecule has 176 valence electrons. The van der Waals surface area contributed by atoms with Crippen LogP contribution in [0.15, 0.2) is 41.8 Å². The van der Waals surface area contributed by atoms with E-state index >= 15 is 0 Å². The molecule has 0 aliphatic heterocycles. The van der Waals surface area contributed by atoms with Crippen molar-refractivity contribution in [2.45, 2.75) is 73.3 Å². The molecule has 1 aliphatic rings. The van der Waals surface area contributed by atoms with Gasteiger partial charge in [0.2, 0.25) is 5.91 Å². The average Bonchev–Trinajstić information content (AvgIpc) is 3.47. The lowest BCUT2D eigenvalue weighted by molar-refractivity contribution is -0.114. The Labute approximate surface area is 193 Å². The van der Waals surface area contributed by atoms with Crippen LogP contribution < -0.4 is 11.5 Å². The summed E-state index contributed by atoms with van der Waals surface area (Å²) in [5, 5.41) is 15.2. The normalized spacial score (nSPS) is 14.4. The number of rotatable bonds is 10. The third-order valence-corrected chi connectivity index (χ3v) is 4.65. The lowest BCUT2D eigenvalue weighted by Gasteiger charge is -2.11. The molecule has 0 atom stereocenters. The number of carbonyl (C=O) groups is 1. The Morgan fingerprint density at radius 2 is 1.88 bits per heavy atom. The van der Waals surface area contributed by atoms with E-state index in [0.717, 1.165) is 54.6 Å². The first-order valence-electron chi connectivity index (χ1n) is 10.7. The van der Waals surface area contributed by atoms with Crippen molar-refractivity contribution in [3.8, 4) is 0 Å². The second kappa shape index (κ2) is 14.0. The van der Waals surface area contributed by atoms with Gasteiger partial charge >= 0.3 is 0 Å². The minimum Gasteiger partial charge on any atom is -0.398 e. The van der Waals surface area contributed by atoms with E-state index in [9.17, 15) is 4.79 Å². The number of amides is 1. The van der Waals surface area contributed by atoms with Gasteiger partial charge < -0.3 is 26.9 Å². The molecule has 0 bridgehead atoms. The number of nitrogens with two attached hydrogens (primary N) is 2. The Balaban J connectivity index is 0.00000227. The Hall–Kier alpha value is -3.22. The van der Waals surface area contributed by atoms with Gasteiger partial charge in [-0.2, -0.15) is 0 Å². The maximum absolute atomic E-state index is 11.2. The van der Waals surface area contributed by atoms with E-state index in [-0.39, 0.29) is 18.7 Å². The predicted molar refractivity (Wildman–Crippen MR) is 137 cm³/mol. The van der Waals surface area contributed by atoms with Gasteiger partial charge in [0.25, 0.3) is 0 Å². The first-order valence-corrected chi connectivity index (χ1v) is 10.7. The molecule has 0 spiro atoms. The van der Waals surface area contributed by atoms with Crippen LogP contribution in [0.1, 0.15) is 84.8 Å². The molecule has 32 heavy (non-hydrogen) atoms. The topological polar surface area (TPSA) is 135 Å². The molecular weight excluding hydrogens is 400 g/mol. The van der Waals surface area contributed by atoms with Crippen LogP contribution in [0.2, 0.25) is 0 Å². The van der Waals surface area contributed by atoms with Crippen molar-refractivity contribution in [1.29, 1.82) is 10.8 Å². The van der Waals surface area contributed by atoms with E-state index in [4.69, 9.17) is 27.3 Å². The maximum atomic E-state index is 11.2. The zero-order valence-electron chi connectivity index (χ0n) is 19.2. The summed E-state index contributed by atoms with van der Waals surface area (Å²) in [6, 6.07) is 0.381. The van der Waals surface area contributed by atoms with Gasteiger partial charge in [0, 0.05) is 47.1 Å². The predicted octanol–water partition coefficient (Wildman–Crippen LogP) is 5.41. The third-order valence-electron chi connectivity index (χ3n) is 4.65. The highest BCUT2D eigenvalue weighted by atomic mass is 16.1. The minimum atomic E-state index is -0.660. The quantitative estimate of drug-likeness (QED) is 0.220. The van der Waals surface area contributed by atoms with Crippen LogP contribution in [0.25, 0.3) is 11.1 Å². The van der Waals surface area contributed by atoms with E-state index in [1.54, 1.807) is 6.08 Å². The van der Waals surface area contributed by atoms with Gasteiger partial charge in [-0.25, -0.2) is 4.98 Å². The van der Waals surface area contributed by atoms with Crippen molar-refractivity contribution in [1.82, 2.24) is 9.55 Å². The zero-order valence-corrected chi connectivity index (χ0v) is 19.2. The number of allylic oxidation sites excluding steroid dienone is 4. The van der Waals surface area contributed by atoms with Crippen LogP contribution in [0, 0.1) is 10.8 Å². The fourth-order valence-corrected chi connectivity index (χ4v) is 2.99. The molecule has 6 N–H and O–H groups in total. The van der Waals surface area contributed by atoms with Crippen molar-refractivity contribution >= 4 is 29.5 Å². The van der Waals surface area contributed by atoms with E-state index < -0.39 is 5.91 Å². The number of aromatic nitrogens is 2. The third kappa shape index (κ3) is 7.80. The van der Waals surface area contributed by atoms with Gasteiger partial charge in [0.15, 0.2) is 0 Å². The van der Waals surface area contributed by atoms with E-state index in [1.165, 1.54) is 18.7 Å². The summed E-state index contributed by atoms with van der Waals surface area (Å²) < 4.78 is 2.12. The molecule has 0 radical (unpaired) electrons. The largest absolute Gasteiger partial charge is 0.398 e. The first kappa shape index (κ1) is 28.8. The number of nitrogens with one attached hydrogen (secondary N) is 2. The molecule has 0 aromatic carbocycles. The van der Waals surface area contributed by atoms with Crippen LogP contribution in [0.5, 0.6) is 0 Å². The first-order chi connectivity index (χ1) is 14.7. The number of carbonyl (C=O) groups excluding carboxylic acids is 1. The molecule has 0 unspecified atom stereocenters. The number of hydrogen-bond acceptors (Lipinski definition) is 5. The van der Waals surface area contributed by atoms with Crippen molar-refractivity contribution in [2.75, 3.05) is 0 Å². The lowest BCUT2D eigenvalue weighted by atomic mass is 10.0. The molecule has 1 heterocycles. The Morgan fingerprint density at radius 1 is 1.28 bits per heavy atom. The molecule has 1 aliphatic carbocycles. The highest BCUT2D eigenvalue weighted by molar-refractivity contribution is 5.97. The summed E-state index contributed by atoms with van der Waals surface area (Å²) in [5.41, 5.74) is 14.7. The van der Waals surface area contributed by atoms with Gasteiger partial charge in [-0.1, -0.05) is 47.6 Å². The lowest BCUT2D eigenvalue weighted by Crippen LogP contribution is -2.14. The van der Waals surface area contributed by atoms with Gasteiger partial charge in [-0.3, -0.25) is 4.79 Å². The fraction of sp³-hybridized carbons (Fsp3) is 0.440. The van der Waals surface area contributed by atoms with Crippen LogP contribution in [-0.2, 0) is 4.79 Å². The van der Waals surface area contributed by atoms with Crippen LogP contribution in [0.4, 0.5) is 0 Å². The molecule has 1 amide bonds. The van der Waals surface area contributed by atoms with Crippen LogP contribution in [-0.4, -0.2) is 27.9 Å². The summed E-state index contributed by atoms with van der Waals surface area (Å²) in [6.07, 6.45) is 12.8. The maximum Gasteiger partial charge on any atom is 0.248 e. The van der Waals surface area contributed by atoms with E-state index in [1.807, 2.05) is 13.1 Å².